The Labute approximate surface area is 126 Å². The Kier molecular flexibility index (Phi) is 3.80. The van der Waals surface area contributed by atoms with Crippen molar-refractivity contribution in [2.45, 2.75) is 38.2 Å². The maximum Gasteiger partial charge on any atom is 0.312 e. The number of esters is 1. The molecule has 2 heterocycles. The van der Waals surface area contributed by atoms with Gasteiger partial charge in [-0.3, -0.25) is 4.79 Å². The van der Waals surface area contributed by atoms with Gasteiger partial charge in [0.2, 0.25) is 0 Å². The van der Waals surface area contributed by atoms with E-state index in [1.807, 2.05) is 45.1 Å². The van der Waals surface area contributed by atoms with E-state index < -0.39 is 5.60 Å². The third kappa shape index (κ3) is 2.38. The molecule has 0 N–H and O–H groups in total. The Morgan fingerprint density at radius 1 is 1.48 bits per heavy atom. The first kappa shape index (κ1) is 14.6. The first-order valence-corrected chi connectivity index (χ1v) is 7.54. The largest absolute Gasteiger partial charge is 0.461 e. The first-order chi connectivity index (χ1) is 10.0. The lowest BCUT2D eigenvalue weighted by Gasteiger charge is -2.34. The van der Waals surface area contributed by atoms with E-state index in [-0.39, 0.29) is 29.9 Å². The molecule has 0 spiro atoms. The van der Waals surface area contributed by atoms with Crippen molar-refractivity contribution >= 4 is 13.8 Å². The minimum Gasteiger partial charge on any atom is -0.461 e. The Morgan fingerprint density at radius 3 is 2.76 bits per heavy atom. The zero-order valence-corrected chi connectivity index (χ0v) is 12.7. The second kappa shape index (κ2) is 5.46. The molecule has 2 fully saturated rings. The standard InChI is InChI=1S/C16H21BO4/c1-10-13-14(17)21-16(10,9-20-13)11(2)15(18)19-8-12-6-4-3-5-7-12/h3-7,10-11,13-14H,8-9,17H2,1-2H3/t10-,11?,13?,14-,16+/m1/s1. The van der Waals surface area contributed by atoms with Crippen LogP contribution in [0.15, 0.2) is 30.3 Å². The van der Waals surface area contributed by atoms with Gasteiger partial charge in [-0.15, -0.1) is 0 Å². The van der Waals surface area contributed by atoms with Gasteiger partial charge in [-0.25, -0.2) is 0 Å². The van der Waals surface area contributed by atoms with Crippen molar-refractivity contribution in [2.24, 2.45) is 11.8 Å². The molecule has 1 aromatic rings. The molecule has 2 unspecified atom stereocenters. The number of ether oxygens (including phenoxy) is 3. The lowest BCUT2D eigenvalue weighted by molar-refractivity contribution is -0.174. The highest BCUT2D eigenvalue weighted by Gasteiger charge is 2.61. The van der Waals surface area contributed by atoms with Crippen molar-refractivity contribution in [3.63, 3.8) is 0 Å². The molecule has 0 amide bonds. The summed E-state index contributed by atoms with van der Waals surface area (Å²) in [5.41, 5.74) is 0.461. The number of hydrogen-bond donors (Lipinski definition) is 0. The molecule has 0 aliphatic carbocycles. The molecule has 0 saturated carbocycles. The third-order valence-corrected chi connectivity index (χ3v) is 4.94. The van der Waals surface area contributed by atoms with E-state index in [0.717, 1.165) is 5.56 Å². The van der Waals surface area contributed by atoms with Crippen LogP contribution in [0.2, 0.25) is 0 Å². The number of fused-ring (bicyclic) bond motifs is 2. The summed E-state index contributed by atoms with van der Waals surface area (Å²) < 4.78 is 17.3. The molecule has 5 atom stereocenters. The first-order valence-electron chi connectivity index (χ1n) is 7.54. The van der Waals surface area contributed by atoms with Crippen molar-refractivity contribution in [3.05, 3.63) is 35.9 Å². The van der Waals surface area contributed by atoms with Crippen LogP contribution in [-0.2, 0) is 25.6 Å². The van der Waals surface area contributed by atoms with Crippen molar-refractivity contribution in [1.82, 2.24) is 0 Å². The number of hydrogen-bond acceptors (Lipinski definition) is 4. The summed E-state index contributed by atoms with van der Waals surface area (Å²) in [5, 5.41) is 0. The van der Waals surface area contributed by atoms with Crippen molar-refractivity contribution < 1.29 is 19.0 Å². The minimum atomic E-state index is -0.530. The molecule has 21 heavy (non-hydrogen) atoms. The zero-order valence-electron chi connectivity index (χ0n) is 12.7. The average Bonchev–Trinajstić information content (AvgIpc) is 2.95. The third-order valence-electron chi connectivity index (χ3n) is 4.94. The summed E-state index contributed by atoms with van der Waals surface area (Å²) in [5.74, 6) is -0.331. The van der Waals surface area contributed by atoms with Crippen LogP contribution in [0.1, 0.15) is 19.4 Å². The van der Waals surface area contributed by atoms with E-state index >= 15 is 0 Å². The molecule has 2 aliphatic heterocycles. The van der Waals surface area contributed by atoms with Gasteiger partial charge >= 0.3 is 5.97 Å². The normalized spacial score (nSPS) is 35.6. The van der Waals surface area contributed by atoms with Gasteiger partial charge in [-0.2, -0.15) is 0 Å². The highest BCUT2D eigenvalue weighted by Crippen LogP contribution is 2.48. The molecule has 0 radical (unpaired) electrons. The highest BCUT2D eigenvalue weighted by atomic mass is 16.6. The van der Waals surface area contributed by atoms with Crippen molar-refractivity contribution in [2.75, 3.05) is 6.61 Å². The fourth-order valence-electron chi connectivity index (χ4n) is 3.55. The molecule has 2 bridgehead atoms. The fourth-order valence-corrected chi connectivity index (χ4v) is 3.55. The van der Waals surface area contributed by atoms with E-state index in [1.54, 1.807) is 0 Å². The Bertz CT molecular complexity index is 520. The van der Waals surface area contributed by atoms with Crippen LogP contribution in [0.3, 0.4) is 0 Å². The predicted octanol–water partition coefficient (Wildman–Crippen LogP) is 1.13. The van der Waals surface area contributed by atoms with Gasteiger partial charge in [0, 0.05) is 5.92 Å². The van der Waals surface area contributed by atoms with Crippen molar-refractivity contribution in [1.29, 1.82) is 0 Å². The SMILES string of the molecule is B[C@@H]1O[C@@]2(C(C)C(=O)OCc3ccccc3)COC1[C@H]2C. The molecule has 5 heteroatoms. The van der Waals surface area contributed by atoms with Crippen LogP contribution in [-0.4, -0.2) is 38.1 Å². The fraction of sp³-hybridized carbons (Fsp3) is 0.562. The summed E-state index contributed by atoms with van der Waals surface area (Å²) in [4.78, 5) is 12.4. The Balaban J connectivity index is 1.65. The molecular formula is C16H21BO4. The molecule has 0 aromatic heterocycles. The van der Waals surface area contributed by atoms with Crippen LogP contribution < -0.4 is 0 Å². The smallest absolute Gasteiger partial charge is 0.312 e. The summed E-state index contributed by atoms with van der Waals surface area (Å²) in [6.07, 6.45) is 0.0920. The number of carbonyl (C=O) groups excluding carboxylic acids is 1. The maximum atomic E-state index is 12.4. The molecule has 2 aliphatic rings. The molecule has 2 saturated heterocycles. The molecule has 3 rings (SSSR count). The van der Waals surface area contributed by atoms with Gasteiger partial charge in [-0.1, -0.05) is 37.3 Å². The van der Waals surface area contributed by atoms with Gasteiger partial charge in [0.15, 0.2) is 0 Å². The number of rotatable bonds is 4. The van der Waals surface area contributed by atoms with E-state index in [1.165, 1.54) is 0 Å². The molecule has 4 nitrogen and oxygen atoms in total. The maximum absolute atomic E-state index is 12.4. The predicted molar refractivity (Wildman–Crippen MR) is 80.5 cm³/mol. The quantitative estimate of drug-likeness (QED) is 0.615. The summed E-state index contributed by atoms with van der Waals surface area (Å²) in [6.45, 7) is 4.76. The number of carbonyl (C=O) groups is 1. The summed E-state index contributed by atoms with van der Waals surface area (Å²) in [6, 6.07) is 9.75. The molecule has 112 valence electrons. The zero-order chi connectivity index (χ0) is 15.0. The van der Waals surface area contributed by atoms with Crippen LogP contribution in [0.4, 0.5) is 0 Å². The summed E-state index contributed by atoms with van der Waals surface area (Å²) in [7, 11) is 2.00. The average molecular weight is 288 g/mol. The van der Waals surface area contributed by atoms with Crippen LogP contribution in [0.25, 0.3) is 0 Å². The topological polar surface area (TPSA) is 44.8 Å². The lowest BCUT2D eigenvalue weighted by Crippen LogP contribution is -2.47. The van der Waals surface area contributed by atoms with Crippen LogP contribution in [0, 0.1) is 11.8 Å². The van der Waals surface area contributed by atoms with Gasteiger partial charge < -0.3 is 14.2 Å². The van der Waals surface area contributed by atoms with Gasteiger partial charge in [0.05, 0.1) is 24.6 Å². The van der Waals surface area contributed by atoms with Gasteiger partial charge in [0.25, 0.3) is 0 Å². The molecule has 1 aromatic carbocycles. The monoisotopic (exact) mass is 288 g/mol. The Morgan fingerprint density at radius 2 is 2.19 bits per heavy atom. The van der Waals surface area contributed by atoms with Gasteiger partial charge in [-0.05, 0) is 12.5 Å². The van der Waals surface area contributed by atoms with Crippen molar-refractivity contribution in [3.8, 4) is 0 Å². The Hall–Kier alpha value is -1.33. The summed E-state index contributed by atoms with van der Waals surface area (Å²) >= 11 is 0. The van der Waals surface area contributed by atoms with E-state index in [0.29, 0.717) is 13.2 Å². The second-order valence-electron chi connectivity index (χ2n) is 6.16. The van der Waals surface area contributed by atoms with Gasteiger partial charge in [0.1, 0.15) is 20.1 Å². The molecular weight excluding hydrogens is 267 g/mol. The van der Waals surface area contributed by atoms with E-state index in [2.05, 4.69) is 6.92 Å². The van der Waals surface area contributed by atoms with Crippen LogP contribution >= 0.6 is 0 Å². The number of benzene rings is 1. The lowest BCUT2D eigenvalue weighted by atomic mass is 9.79. The second-order valence-corrected chi connectivity index (χ2v) is 6.16. The van der Waals surface area contributed by atoms with E-state index in [9.17, 15) is 4.79 Å². The van der Waals surface area contributed by atoms with Crippen LogP contribution in [0.5, 0.6) is 0 Å². The minimum absolute atomic E-state index is 0.0399. The van der Waals surface area contributed by atoms with E-state index in [4.69, 9.17) is 14.2 Å². The highest BCUT2D eigenvalue weighted by molar-refractivity contribution is 6.11.